The number of rotatable bonds is 8. The molecule has 2 N–H and O–H groups in total. The highest BCUT2D eigenvalue weighted by atomic mass is 16.2. The minimum absolute atomic E-state index is 0.0475. The summed E-state index contributed by atoms with van der Waals surface area (Å²) in [4.78, 5) is 28.9. The first kappa shape index (κ1) is 20.6. The van der Waals surface area contributed by atoms with E-state index in [0.717, 1.165) is 34.5 Å². The summed E-state index contributed by atoms with van der Waals surface area (Å²) in [5, 5.41) is 5.90. The number of aromatic nitrogens is 2. The van der Waals surface area contributed by atoms with Gasteiger partial charge in [0.2, 0.25) is 11.8 Å². The summed E-state index contributed by atoms with van der Waals surface area (Å²) in [7, 11) is 0. The molecule has 0 radical (unpaired) electrons. The first-order valence-electron chi connectivity index (χ1n) is 10.1. The Hall–Kier alpha value is -3.15. The summed E-state index contributed by atoms with van der Waals surface area (Å²) >= 11 is 0. The van der Waals surface area contributed by atoms with Crippen molar-refractivity contribution in [3.63, 3.8) is 0 Å². The van der Waals surface area contributed by atoms with Gasteiger partial charge >= 0.3 is 0 Å². The van der Waals surface area contributed by atoms with Crippen molar-refractivity contribution in [2.45, 2.75) is 46.6 Å². The first-order valence-corrected chi connectivity index (χ1v) is 10.1. The van der Waals surface area contributed by atoms with Gasteiger partial charge in [-0.25, -0.2) is 4.98 Å². The smallest absolute Gasteiger partial charge is 0.244 e. The lowest BCUT2D eigenvalue weighted by Gasteiger charge is -2.12. The van der Waals surface area contributed by atoms with E-state index in [2.05, 4.69) is 16.7 Å². The highest BCUT2D eigenvalue weighted by Gasteiger charge is 2.14. The van der Waals surface area contributed by atoms with Crippen molar-refractivity contribution in [3.05, 3.63) is 59.4 Å². The quantitative estimate of drug-likeness (QED) is 0.573. The van der Waals surface area contributed by atoms with Crippen LogP contribution in [0.5, 0.6) is 0 Å². The molecule has 0 saturated heterocycles. The summed E-state index contributed by atoms with van der Waals surface area (Å²) < 4.78 is 1.97. The Morgan fingerprint density at radius 1 is 1.07 bits per heavy atom. The van der Waals surface area contributed by atoms with Crippen LogP contribution in [0.25, 0.3) is 11.0 Å². The predicted molar refractivity (Wildman–Crippen MR) is 116 cm³/mol. The number of carbonyl (C=O) groups is 2. The maximum Gasteiger partial charge on any atom is 0.244 e. The third kappa shape index (κ3) is 5.22. The zero-order valence-electron chi connectivity index (χ0n) is 17.3. The molecule has 1 aromatic heterocycles. The van der Waals surface area contributed by atoms with Gasteiger partial charge in [-0.1, -0.05) is 36.8 Å². The number of carbonyl (C=O) groups excluding carboxylic acids is 2. The van der Waals surface area contributed by atoms with Gasteiger partial charge in [-0.15, -0.1) is 0 Å². The Labute approximate surface area is 171 Å². The van der Waals surface area contributed by atoms with Gasteiger partial charge in [0, 0.05) is 25.1 Å². The summed E-state index contributed by atoms with van der Waals surface area (Å²) in [5.74, 6) is 0.819. The number of benzene rings is 2. The topological polar surface area (TPSA) is 76.0 Å². The molecule has 0 bridgehead atoms. The largest absolute Gasteiger partial charge is 0.356 e. The van der Waals surface area contributed by atoms with Crippen LogP contribution in [0.15, 0.2) is 42.5 Å². The van der Waals surface area contributed by atoms with Crippen LogP contribution in [0.1, 0.15) is 36.7 Å². The van der Waals surface area contributed by atoms with Crippen molar-refractivity contribution in [1.82, 2.24) is 14.9 Å². The first-order chi connectivity index (χ1) is 14.0. The van der Waals surface area contributed by atoms with Crippen molar-refractivity contribution in [2.24, 2.45) is 0 Å². The van der Waals surface area contributed by atoms with E-state index < -0.39 is 0 Å². The third-order valence-corrected chi connectivity index (χ3v) is 4.91. The van der Waals surface area contributed by atoms with Crippen LogP contribution < -0.4 is 10.6 Å². The van der Waals surface area contributed by atoms with Gasteiger partial charge in [-0.2, -0.15) is 0 Å². The number of hydrogen-bond donors (Lipinski definition) is 2. The van der Waals surface area contributed by atoms with Crippen LogP contribution in [0.4, 0.5) is 5.69 Å². The van der Waals surface area contributed by atoms with Gasteiger partial charge < -0.3 is 15.2 Å². The van der Waals surface area contributed by atoms with Crippen LogP contribution in [-0.4, -0.2) is 27.9 Å². The Morgan fingerprint density at radius 3 is 2.62 bits per heavy atom. The Morgan fingerprint density at radius 2 is 1.86 bits per heavy atom. The molecular formula is C23H28N4O2. The highest BCUT2D eigenvalue weighted by Crippen LogP contribution is 2.19. The molecule has 0 fully saturated rings. The summed E-state index contributed by atoms with van der Waals surface area (Å²) in [6.07, 6.45) is 1.94. The van der Waals surface area contributed by atoms with Gasteiger partial charge in [0.05, 0.1) is 11.0 Å². The van der Waals surface area contributed by atoms with E-state index in [1.165, 1.54) is 5.56 Å². The number of aryl methyl sites for hydroxylation is 3. The molecule has 0 aliphatic carbocycles. The second kappa shape index (κ2) is 9.37. The van der Waals surface area contributed by atoms with E-state index in [1.807, 2.05) is 61.7 Å². The van der Waals surface area contributed by atoms with Crippen molar-refractivity contribution in [3.8, 4) is 0 Å². The molecule has 0 atom stereocenters. The maximum atomic E-state index is 12.8. The molecule has 0 spiro atoms. The standard InChI is InChI=1S/C23H28N4O2/c1-4-22(28)24-13-7-10-21-25-19-8-5-6-9-20(19)27(21)15-23(29)26-18-12-11-16(2)14-17(18)3/h5-6,8-9,11-12,14H,4,7,10,13,15H2,1-3H3,(H,24,28)(H,26,29). The van der Waals surface area contributed by atoms with E-state index in [-0.39, 0.29) is 18.4 Å². The summed E-state index contributed by atoms with van der Waals surface area (Å²) in [6, 6.07) is 13.8. The number of hydrogen-bond acceptors (Lipinski definition) is 3. The number of nitrogens with zero attached hydrogens (tertiary/aromatic N) is 2. The highest BCUT2D eigenvalue weighted by molar-refractivity contribution is 5.92. The number of imidazole rings is 1. The minimum atomic E-state index is -0.0827. The van der Waals surface area contributed by atoms with E-state index in [0.29, 0.717) is 19.4 Å². The minimum Gasteiger partial charge on any atom is -0.356 e. The molecule has 6 heteroatoms. The maximum absolute atomic E-state index is 12.8. The fraction of sp³-hybridized carbons (Fsp3) is 0.348. The monoisotopic (exact) mass is 392 g/mol. The Balaban J connectivity index is 1.74. The SMILES string of the molecule is CCC(=O)NCCCc1nc2ccccc2n1CC(=O)Nc1ccc(C)cc1C. The number of nitrogens with one attached hydrogen (secondary N) is 2. The second-order valence-electron chi connectivity index (χ2n) is 7.28. The molecule has 2 amide bonds. The number of anilines is 1. The van der Waals surface area contributed by atoms with Gasteiger partial charge in [-0.3, -0.25) is 9.59 Å². The number of amides is 2. The Kier molecular flexibility index (Phi) is 6.65. The molecule has 6 nitrogen and oxygen atoms in total. The Bertz CT molecular complexity index is 1020. The molecule has 3 rings (SSSR count). The molecule has 152 valence electrons. The van der Waals surface area contributed by atoms with Gasteiger partial charge in [0.1, 0.15) is 12.4 Å². The van der Waals surface area contributed by atoms with Crippen molar-refractivity contribution >= 4 is 28.5 Å². The molecule has 0 aliphatic heterocycles. The lowest BCUT2D eigenvalue weighted by atomic mass is 10.1. The van der Waals surface area contributed by atoms with Crippen LogP contribution in [0.3, 0.4) is 0 Å². The average Bonchev–Trinajstić information content (AvgIpc) is 3.04. The fourth-order valence-electron chi connectivity index (χ4n) is 3.38. The van der Waals surface area contributed by atoms with E-state index in [4.69, 9.17) is 4.98 Å². The zero-order chi connectivity index (χ0) is 20.8. The number of fused-ring (bicyclic) bond motifs is 1. The van der Waals surface area contributed by atoms with E-state index >= 15 is 0 Å². The summed E-state index contributed by atoms with van der Waals surface area (Å²) in [6.45, 7) is 6.66. The molecule has 2 aromatic carbocycles. The lowest BCUT2D eigenvalue weighted by molar-refractivity contribution is -0.120. The molecule has 0 aliphatic rings. The van der Waals surface area contributed by atoms with Crippen molar-refractivity contribution in [2.75, 3.05) is 11.9 Å². The van der Waals surface area contributed by atoms with Crippen molar-refractivity contribution < 1.29 is 9.59 Å². The van der Waals surface area contributed by atoms with Crippen LogP contribution in [0, 0.1) is 13.8 Å². The van der Waals surface area contributed by atoms with Crippen LogP contribution in [0.2, 0.25) is 0 Å². The second-order valence-corrected chi connectivity index (χ2v) is 7.28. The van der Waals surface area contributed by atoms with Gasteiger partial charge in [0.25, 0.3) is 0 Å². The third-order valence-electron chi connectivity index (χ3n) is 4.91. The average molecular weight is 393 g/mol. The molecule has 1 heterocycles. The van der Waals surface area contributed by atoms with Crippen LogP contribution >= 0.6 is 0 Å². The predicted octanol–water partition coefficient (Wildman–Crippen LogP) is 3.75. The normalized spacial score (nSPS) is 10.9. The molecule has 29 heavy (non-hydrogen) atoms. The molecule has 3 aromatic rings. The van der Waals surface area contributed by atoms with Crippen LogP contribution in [-0.2, 0) is 22.6 Å². The van der Waals surface area contributed by atoms with E-state index in [9.17, 15) is 9.59 Å². The fourth-order valence-corrected chi connectivity index (χ4v) is 3.38. The molecule has 0 saturated carbocycles. The summed E-state index contributed by atoms with van der Waals surface area (Å²) in [5.41, 5.74) is 4.85. The van der Waals surface area contributed by atoms with Crippen molar-refractivity contribution in [1.29, 1.82) is 0 Å². The molecule has 0 unspecified atom stereocenters. The number of para-hydroxylation sites is 2. The van der Waals surface area contributed by atoms with Gasteiger partial charge in [-0.05, 0) is 44.0 Å². The zero-order valence-corrected chi connectivity index (χ0v) is 17.3. The van der Waals surface area contributed by atoms with Gasteiger partial charge in [0.15, 0.2) is 0 Å². The molecular weight excluding hydrogens is 364 g/mol. The lowest BCUT2D eigenvalue weighted by Crippen LogP contribution is -2.24. The van der Waals surface area contributed by atoms with E-state index in [1.54, 1.807) is 0 Å².